The minimum atomic E-state index is 0.248. The summed E-state index contributed by atoms with van der Waals surface area (Å²) >= 11 is 0. The maximum Gasteiger partial charge on any atom is 0.235 e. The molecule has 0 radical (unpaired) electrons. The first-order valence-corrected chi connectivity index (χ1v) is 6.93. The lowest BCUT2D eigenvalue weighted by Crippen LogP contribution is -2.08. The molecular weight excluding hydrogens is 278 g/mol. The zero-order chi connectivity index (χ0) is 16.1. The Bertz CT molecular complexity index is 689. The van der Waals surface area contributed by atoms with Crippen molar-refractivity contribution in [2.24, 2.45) is 0 Å². The van der Waals surface area contributed by atoms with Crippen LogP contribution in [-0.4, -0.2) is 25.7 Å². The topological polar surface area (TPSA) is 87.2 Å². The highest BCUT2D eigenvalue weighted by Crippen LogP contribution is 2.27. The predicted octanol–water partition coefficient (Wildman–Crippen LogP) is 2.74. The van der Waals surface area contributed by atoms with Gasteiger partial charge in [-0.05, 0) is 31.2 Å². The summed E-state index contributed by atoms with van der Waals surface area (Å²) in [5, 5.41) is 12.3. The maximum atomic E-state index is 9.11. The van der Waals surface area contributed by atoms with E-state index in [9.17, 15) is 0 Å². The molecule has 6 nitrogen and oxygen atoms in total. The van der Waals surface area contributed by atoms with Gasteiger partial charge in [0.2, 0.25) is 5.88 Å². The smallest absolute Gasteiger partial charge is 0.235 e. The average Bonchev–Trinajstić information content (AvgIpc) is 2.48. The van der Waals surface area contributed by atoms with Gasteiger partial charge in [0.15, 0.2) is 0 Å². The summed E-state index contributed by atoms with van der Waals surface area (Å²) in [7, 11) is 3.97. The molecule has 22 heavy (non-hydrogen) atoms. The zero-order valence-electron chi connectivity index (χ0n) is 12.9. The third-order valence-electron chi connectivity index (χ3n) is 3.07. The number of pyridine rings is 1. The molecule has 3 N–H and O–H groups in total. The third-order valence-corrected chi connectivity index (χ3v) is 3.07. The Balaban J connectivity index is 2.27. The fourth-order valence-electron chi connectivity index (χ4n) is 1.95. The molecule has 0 saturated heterocycles. The number of rotatable bonds is 5. The average molecular weight is 297 g/mol. The first-order valence-electron chi connectivity index (χ1n) is 6.93. The number of hydrogen-bond acceptors (Lipinski definition) is 6. The number of benzene rings is 1. The number of nitrogens with two attached hydrogens (primary N) is 1. The largest absolute Gasteiger partial charge is 0.477 e. The van der Waals surface area contributed by atoms with Crippen molar-refractivity contribution < 1.29 is 4.74 Å². The Hall–Kier alpha value is -2.94. The molecule has 0 atom stereocenters. The number of aromatic nitrogens is 1. The predicted molar refractivity (Wildman–Crippen MR) is 88.6 cm³/mol. The minimum absolute atomic E-state index is 0.248. The van der Waals surface area contributed by atoms with E-state index in [4.69, 9.17) is 15.7 Å². The Morgan fingerprint density at radius 2 is 2.00 bits per heavy atom. The van der Waals surface area contributed by atoms with Gasteiger partial charge in [0.1, 0.15) is 17.5 Å². The summed E-state index contributed by atoms with van der Waals surface area (Å²) in [4.78, 5) is 6.32. The summed E-state index contributed by atoms with van der Waals surface area (Å²) in [6, 6.07) is 11.5. The Morgan fingerprint density at radius 3 is 2.55 bits per heavy atom. The van der Waals surface area contributed by atoms with Crippen molar-refractivity contribution in [3.8, 4) is 11.9 Å². The quantitative estimate of drug-likeness (QED) is 0.882. The lowest BCUT2D eigenvalue weighted by molar-refractivity contribution is 0.326. The molecule has 1 heterocycles. The molecule has 2 aromatic rings. The van der Waals surface area contributed by atoms with Crippen molar-refractivity contribution in [1.82, 2.24) is 4.98 Å². The van der Waals surface area contributed by atoms with Crippen molar-refractivity contribution in [1.29, 1.82) is 5.26 Å². The van der Waals surface area contributed by atoms with Crippen molar-refractivity contribution in [2.75, 3.05) is 36.7 Å². The van der Waals surface area contributed by atoms with E-state index in [2.05, 4.69) is 10.3 Å². The normalized spacial score (nSPS) is 9.91. The highest BCUT2D eigenvalue weighted by atomic mass is 16.5. The first kappa shape index (κ1) is 15.4. The molecule has 0 bridgehead atoms. The molecule has 0 amide bonds. The van der Waals surface area contributed by atoms with Crippen LogP contribution in [-0.2, 0) is 0 Å². The van der Waals surface area contributed by atoms with Crippen molar-refractivity contribution in [3.63, 3.8) is 0 Å². The van der Waals surface area contributed by atoms with Crippen LogP contribution in [0.3, 0.4) is 0 Å². The monoisotopic (exact) mass is 297 g/mol. The molecule has 0 saturated carbocycles. The van der Waals surface area contributed by atoms with Gasteiger partial charge < -0.3 is 20.7 Å². The molecular formula is C16H19N5O. The number of ether oxygens (including phenoxy) is 1. The molecule has 1 aromatic carbocycles. The van der Waals surface area contributed by atoms with Gasteiger partial charge in [0.25, 0.3) is 0 Å². The summed E-state index contributed by atoms with van der Waals surface area (Å²) in [6.07, 6.45) is 0. The molecule has 0 fully saturated rings. The number of nitrogens with one attached hydrogen (secondary N) is 1. The second kappa shape index (κ2) is 6.68. The van der Waals surface area contributed by atoms with Crippen LogP contribution in [0.2, 0.25) is 0 Å². The van der Waals surface area contributed by atoms with Crippen molar-refractivity contribution >= 4 is 22.9 Å². The maximum absolute atomic E-state index is 9.11. The number of anilines is 4. The summed E-state index contributed by atoms with van der Waals surface area (Å²) in [5.41, 5.74) is 8.48. The lowest BCUT2D eigenvalue weighted by atomic mass is 10.2. The molecule has 0 unspecified atom stereocenters. The van der Waals surface area contributed by atoms with Crippen LogP contribution in [0.5, 0.6) is 5.88 Å². The summed E-state index contributed by atoms with van der Waals surface area (Å²) < 4.78 is 5.38. The van der Waals surface area contributed by atoms with Crippen LogP contribution in [0.1, 0.15) is 12.5 Å². The van der Waals surface area contributed by atoms with Crippen LogP contribution >= 0.6 is 0 Å². The zero-order valence-corrected chi connectivity index (χ0v) is 12.9. The van der Waals surface area contributed by atoms with Gasteiger partial charge in [-0.2, -0.15) is 10.2 Å². The molecule has 114 valence electrons. The van der Waals surface area contributed by atoms with E-state index >= 15 is 0 Å². The Labute approximate surface area is 130 Å². The van der Waals surface area contributed by atoms with E-state index in [0.29, 0.717) is 18.1 Å². The molecule has 0 aliphatic carbocycles. The second-order valence-corrected chi connectivity index (χ2v) is 4.89. The second-order valence-electron chi connectivity index (χ2n) is 4.89. The van der Waals surface area contributed by atoms with Gasteiger partial charge in [0.05, 0.1) is 12.3 Å². The lowest BCUT2D eigenvalue weighted by Gasteiger charge is -2.14. The minimum Gasteiger partial charge on any atom is -0.477 e. The standard InChI is InChI=1S/C16H19N5O/c1-4-22-16-13(10-17)14(18)9-15(20-16)19-11-5-7-12(8-6-11)21(2)3/h5-9H,4H2,1-3H3,(H3,18,19,20). The number of hydrogen-bond donors (Lipinski definition) is 2. The molecule has 2 rings (SSSR count). The van der Waals surface area contributed by atoms with Crippen molar-refractivity contribution in [2.45, 2.75) is 6.92 Å². The van der Waals surface area contributed by atoms with Gasteiger partial charge in [-0.15, -0.1) is 0 Å². The number of nitriles is 1. The van der Waals surface area contributed by atoms with Gasteiger partial charge >= 0.3 is 0 Å². The SMILES string of the molecule is CCOc1nc(Nc2ccc(N(C)C)cc2)cc(N)c1C#N. The van der Waals surface area contributed by atoms with Gasteiger partial charge in [-0.1, -0.05) is 0 Å². The molecule has 1 aromatic heterocycles. The van der Waals surface area contributed by atoms with Crippen LogP contribution < -0.4 is 20.7 Å². The van der Waals surface area contributed by atoms with E-state index in [1.165, 1.54) is 0 Å². The van der Waals surface area contributed by atoms with Gasteiger partial charge in [0, 0.05) is 31.5 Å². The molecule has 0 spiro atoms. The van der Waals surface area contributed by atoms with E-state index in [0.717, 1.165) is 11.4 Å². The number of nitrogen functional groups attached to an aromatic ring is 1. The van der Waals surface area contributed by atoms with Gasteiger partial charge in [-0.25, -0.2) is 0 Å². The third kappa shape index (κ3) is 3.38. The summed E-state index contributed by atoms with van der Waals surface area (Å²) in [5.74, 6) is 0.787. The van der Waals surface area contributed by atoms with E-state index in [-0.39, 0.29) is 11.4 Å². The molecule has 0 aliphatic rings. The molecule has 6 heteroatoms. The number of nitrogens with zero attached hydrogens (tertiary/aromatic N) is 3. The Kier molecular flexibility index (Phi) is 4.69. The van der Waals surface area contributed by atoms with Crippen LogP contribution in [0.15, 0.2) is 30.3 Å². The Morgan fingerprint density at radius 1 is 1.32 bits per heavy atom. The van der Waals surface area contributed by atoms with Crippen LogP contribution in [0.4, 0.5) is 22.9 Å². The highest BCUT2D eigenvalue weighted by Gasteiger charge is 2.11. The fourth-order valence-corrected chi connectivity index (χ4v) is 1.95. The van der Waals surface area contributed by atoms with Crippen LogP contribution in [0, 0.1) is 11.3 Å². The van der Waals surface area contributed by atoms with Crippen molar-refractivity contribution in [3.05, 3.63) is 35.9 Å². The summed E-state index contributed by atoms with van der Waals surface area (Å²) in [6.45, 7) is 2.25. The van der Waals surface area contributed by atoms with Crippen LogP contribution in [0.25, 0.3) is 0 Å². The van der Waals surface area contributed by atoms with E-state index in [1.807, 2.05) is 56.3 Å². The fraction of sp³-hybridized carbons (Fsp3) is 0.250. The molecule has 0 aliphatic heterocycles. The van der Waals surface area contributed by atoms with E-state index in [1.54, 1.807) is 6.07 Å². The highest BCUT2D eigenvalue weighted by molar-refractivity contribution is 5.68. The first-order chi connectivity index (χ1) is 10.5. The van der Waals surface area contributed by atoms with E-state index < -0.39 is 0 Å². The van der Waals surface area contributed by atoms with Gasteiger partial charge in [-0.3, -0.25) is 0 Å².